The van der Waals surface area contributed by atoms with Crippen LogP contribution in [0.25, 0.3) is 0 Å². The first-order valence-electron chi connectivity index (χ1n) is 5.63. The predicted molar refractivity (Wildman–Crippen MR) is 66.6 cm³/mol. The van der Waals surface area contributed by atoms with E-state index in [2.05, 4.69) is 0 Å². The van der Waals surface area contributed by atoms with Gasteiger partial charge in [-0.2, -0.15) is 0 Å². The Morgan fingerprint density at radius 1 is 1.53 bits per heavy atom. The third-order valence-electron chi connectivity index (χ3n) is 2.46. The van der Waals surface area contributed by atoms with Crippen LogP contribution in [-0.2, 0) is 4.74 Å². The van der Waals surface area contributed by atoms with Crippen LogP contribution in [-0.4, -0.2) is 35.8 Å². The summed E-state index contributed by atoms with van der Waals surface area (Å²) in [6.07, 6.45) is 0.457. The summed E-state index contributed by atoms with van der Waals surface area (Å²) in [5.74, 6) is -1.08. The smallest absolute Gasteiger partial charge is 0.342 e. The molecule has 7 nitrogen and oxygen atoms in total. The summed E-state index contributed by atoms with van der Waals surface area (Å²) in [7, 11) is 1.57. The van der Waals surface area contributed by atoms with Crippen molar-refractivity contribution in [3.8, 4) is 5.75 Å². The molecule has 0 spiro atoms. The first-order chi connectivity index (χ1) is 8.95. The van der Waals surface area contributed by atoms with Gasteiger partial charge in [0.1, 0.15) is 11.3 Å². The number of carboxylic acids is 1. The van der Waals surface area contributed by atoms with Gasteiger partial charge in [0.05, 0.1) is 11.0 Å². The van der Waals surface area contributed by atoms with Gasteiger partial charge in [-0.1, -0.05) is 0 Å². The highest BCUT2D eigenvalue weighted by Gasteiger charge is 2.20. The van der Waals surface area contributed by atoms with Gasteiger partial charge in [0.2, 0.25) is 0 Å². The van der Waals surface area contributed by atoms with Crippen LogP contribution < -0.4 is 4.74 Å². The quantitative estimate of drug-likeness (QED) is 0.601. The molecule has 0 aliphatic rings. The fourth-order valence-electron chi connectivity index (χ4n) is 1.49. The zero-order valence-electron chi connectivity index (χ0n) is 10.7. The van der Waals surface area contributed by atoms with E-state index in [0.29, 0.717) is 13.0 Å². The van der Waals surface area contributed by atoms with Crippen LogP contribution >= 0.6 is 0 Å². The molecule has 0 saturated carbocycles. The maximum Gasteiger partial charge on any atom is 0.342 e. The van der Waals surface area contributed by atoms with Crippen molar-refractivity contribution >= 4 is 11.7 Å². The highest BCUT2D eigenvalue weighted by atomic mass is 16.6. The van der Waals surface area contributed by atoms with E-state index in [1.807, 2.05) is 0 Å². The average molecular weight is 269 g/mol. The molecule has 0 aromatic heterocycles. The Morgan fingerprint density at radius 3 is 2.74 bits per heavy atom. The molecule has 1 atom stereocenters. The molecule has 0 bridgehead atoms. The van der Waals surface area contributed by atoms with Gasteiger partial charge in [-0.05, 0) is 13.0 Å². The molecule has 104 valence electrons. The number of hydrogen-bond donors (Lipinski definition) is 1. The minimum Gasteiger partial charge on any atom is -0.491 e. The van der Waals surface area contributed by atoms with E-state index in [9.17, 15) is 14.9 Å². The maximum absolute atomic E-state index is 11.0. The summed E-state index contributed by atoms with van der Waals surface area (Å²) in [5.41, 5.74) is -0.842. The molecule has 0 aliphatic heterocycles. The second kappa shape index (κ2) is 6.69. The third kappa shape index (κ3) is 4.22. The van der Waals surface area contributed by atoms with Gasteiger partial charge >= 0.3 is 5.97 Å². The molecule has 1 aromatic carbocycles. The molecule has 0 heterocycles. The summed E-state index contributed by atoms with van der Waals surface area (Å²) in [5, 5.41) is 19.6. The lowest BCUT2D eigenvalue weighted by atomic mass is 10.1. The average Bonchev–Trinajstić information content (AvgIpc) is 2.35. The molecule has 1 aromatic rings. The molecule has 0 radical (unpaired) electrons. The molecule has 0 aliphatic carbocycles. The standard InChI is InChI=1S/C12H15NO6/c1-8(5-6-18-2)19-9-3-4-11(13(16)17)10(7-9)12(14)15/h3-4,7-8H,5-6H2,1-2H3,(H,14,15). The number of methoxy groups -OCH3 is 1. The number of benzene rings is 1. The predicted octanol–water partition coefficient (Wildman–Crippen LogP) is 2.10. The number of aromatic carboxylic acids is 1. The van der Waals surface area contributed by atoms with Crippen LogP contribution in [0.5, 0.6) is 5.75 Å². The maximum atomic E-state index is 11.0. The van der Waals surface area contributed by atoms with Gasteiger partial charge in [0.25, 0.3) is 5.69 Å². The molecule has 1 N–H and O–H groups in total. The van der Waals surface area contributed by atoms with Crippen LogP contribution in [0.3, 0.4) is 0 Å². The van der Waals surface area contributed by atoms with Crippen LogP contribution in [0.4, 0.5) is 5.69 Å². The van der Waals surface area contributed by atoms with E-state index in [0.717, 1.165) is 12.1 Å². The zero-order valence-corrected chi connectivity index (χ0v) is 10.7. The highest BCUT2D eigenvalue weighted by molar-refractivity contribution is 5.92. The number of carbonyl (C=O) groups is 1. The lowest BCUT2D eigenvalue weighted by Gasteiger charge is -2.14. The highest BCUT2D eigenvalue weighted by Crippen LogP contribution is 2.25. The topological polar surface area (TPSA) is 98.9 Å². The number of hydrogen-bond acceptors (Lipinski definition) is 5. The first kappa shape index (κ1) is 14.9. The zero-order chi connectivity index (χ0) is 14.4. The minimum absolute atomic E-state index is 0.178. The second-order valence-corrected chi connectivity index (χ2v) is 3.95. The van der Waals surface area contributed by atoms with Crippen molar-refractivity contribution in [3.63, 3.8) is 0 Å². The Labute approximate surface area is 109 Å². The number of rotatable bonds is 7. The van der Waals surface area contributed by atoms with Crippen molar-refractivity contribution in [3.05, 3.63) is 33.9 Å². The molecule has 0 fully saturated rings. The van der Waals surface area contributed by atoms with Crippen molar-refractivity contribution < 1.29 is 24.3 Å². The Balaban J connectivity index is 2.90. The van der Waals surface area contributed by atoms with Gasteiger partial charge in [0.15, 0.2) is 0 Å². The van der Waals surface area contributed by atoms with Gasteiger partial charge in [-0.25, -0.2) is 4.79 Å². The fourth-order valence-corrected chi connectivity index (χ4v) is 1.49. The van der Waals surface area contributed by atoms with Crippen LogP contribution in [0.1, 0.15) is 23.7 Å². The van der Waals surface area contributed by atoms with Gasteiger partial charge in [-0.15, -0.1) is 0 Å². The van der Waals surface area contributed by atoms with Crippen molar-refractivity contribution in [1.29, 1.82) is 0 Å². The van der Waals surface area contributed by atoms with Crippen LogP contribution in [0.15, 0.2) is 18.2 Å². The van der Waals surface area contributed by atoms with Gasteiger partial charge < -0.3 is 14.6 Å². The minimum atomic E-state index is -1.36. The van der Waals surface area contributed by atoms with Gasteiger partial charge in [0, 0.05) is 32.3 Å². The molecular weight excluding hydrogens is 254 g/mol. The Hall–Kier alpha value is -2.15. The number of carboxylic acid groups (broad SMARTS) is 1. The summed E-state index contributed by atoms with van der Waals surface area (Å²) in [4.78, 5) is 20.9. The van der Waals surface area contributed by atoms with E-state index in [1.54, 1.807) is 14.0 Å². The normalized spacial score (nSPS) is 11.9. The third-order valence-corrected chi connectivity index (χ3v) is 2.46. The molecular formula is C12H15NO6. The summed E-state index contributed by atoms with van der Waals surface area (Å²) >= 11 is 0. The number of nitro benzene ring substituents is 1. The SMILES string of the molecule is COCCC(C)Oc1ccc([N+](=O)[O-])c(C(=O)O)c1. The monoisotopic (exact) mass is 269 g/mol. The molecule has 1 rings (SSSR count). The Kier molecular flexibility index (Phi) is 5.25. The molecule has 0 saturated heterocycles. The first-order valence-corrected chi connectivity index (χ1v) is 5.63. The molecule has 7 heteroatoms. The van der Waals surface area contributed by atoms with Crippen molar-refractivity contribution in [2.75, 3.05) is 13.7 Å². The largest absolute Gasteiger partial charge is 0.491 e. The van der Waals surface area contributed by atoms with E-state index in [4.69, 9.17) is 14.6 Å². The lowest BCUT2D eigenvalue weighted by molar-refractivity contribution is -0.385. The number of ether oxygens (including phenoxy) is 2. The number of nitro groups is 1. The summed E-state index contributed by atoms with van der Waals surface area (Å²) in [6, 6.07) is 3.67. The second-order valence-electron chi connectivity index (χ2n) is 3.95. The number of nitrogens with zero attached hydrogens (tertiary/aromatic N) is 1. The molecule has 19 heavy (non-hydrogen) atoms. The van der Waals surface area contributed by atoms with Crippen molar-refractivity contribution in [2.45, 2.75) is 19.4 Å². The van der Waals surface area contributed by atoms with Crippen molar-refractivity contribution in [1.82, 2.24) is 0 Å². The Morgan fingerprint density at radius 2 is 2.21 bits per heavy atom. The van der Waals surface area contributed by atoms with Crippen molar-refractivity contribution in [2.24, 2.45) is 0 Å². The molecule has 0 amide bonds. The molecule has 1 unspecified atom stereocenters. The fraction of sp³-hybridized carbons (Fsp3) is 0.417. The van der Waals surface area contributed by atoms with Crippen LogP contribution in [0.2, 0.25) is 0 Å². The van der Waals surface area contributed by atoms with Crippen LogP contribution in [0, 0.1) is 10.1 Å². The van der Waals surface area contributed by atoms with Gasteiger partial charge in [-0.3, -0.25) is 10.1 Å². The summed E-state index contributed by atoms with van der Waals surface area (Å²) < 4.78 is 10.4. The van der Waals surface area contributed by atoms with E-state index in [1.165, 1.54) is 6.07 Å². The van der Waals surface area contributed by atoms with E-state index < -0.39 is 16.6 Å². The summed E-state index contributed by atoms with van der Waals surface area (Å²) in [6.45, 7) is 2.32. The van der Waals surface area contributed by atoms with E-state index >= 15 is 0 Å². The lowest BCUT2D eigenvalue weighted by Crippen LogP contribution is -2.14. The Bertz CT molecular complexity index is 473. The van der Waals surface area contributed by atoms with E-state index in [-0.39, 0.29) is 17.4 Å².